The molecule has 0 aliphatic carbocycles. The second-order valence-corrected chi connectivity index (χ2v) is 7.58. The minimum atomic E-state index is 0.360. The van der Waals surface area contributed by atoms with Crippen LogP contribution in [0, 0.1) is 0 Å². The summed E-state index contributed by atoms with van der Waals surface area (Å²) >= 11 is 5.92. The number of hydrogen-bond donors (Lipinski definition) is 1. The maximum atomic E-state index is 5.92. The number of aryl methyl sites for hydroxylation is 1. The SMILES string of the molecule is CN=C(NCc1nc(-c2ccc(Cl)cc2)no1)N(C)Cc1cn(C)nc1C(C)C. The maximum absolute atomic E-state index is 5.92. The van der Waals surface area contributed by atoms with Crippen LogP contribution in [0.25, 0.3) is 11.4 Å². The minimum absolute atomic E-state index is 0.360. The highest BCUT2D eigenvalue weighted by atomic mass is 35.5. The van der Waals surface area contributed by atoms with Crippen LogP contribution >= 0.6 is 11.6 Å². The van der Waals surface area contributed by atoms with Crippen LogP contribution < -0.4 is 5.32 Å². The van der Waals surface area contributed by atoms with Gasteiger partial charge < -0.3 is 14.7 Å². The molecule has 3 rings (SSSR count). The number of nitrogens with zero attached hydrogens (tertiary/aromatic N) is 6. The Kier molecular flexibility index (Phi) is 6.53. The third kappa shape index (κ3) is 5.14. The topological polar surface area (TPSA) is 84.4 Å². The van der Waals surface area contributed by atoms with E-state index < -0.39 is 0 Å². The maximum Gasteiger partial charge on any atom is 0.246 e. The molecule has 1 aromatic carbocycles. The van der Waals surface area contributed by atoms with E-state index in [1.54, 1.807) is 19.2 Å². The van der Waals surface area contributed by atoms with Crippen LogP contribution in [0.4, 0.5) is 0 Å². The number of guanidine groups is 1. The molecule has 0 amide bonds. The van der Waals surface area contributed by atoms with Crippen LogP contribution in [0.3, 0.4) is 0 Å². The Balaban J connectivity index is 1.63. The van der Waals surface area contributed by atoms with Crippen molar-refractivity contribution in [3.05, 3.63) is 52.6 Å². The van der Waals surface area contributed by atoms with E-state index >= 15 is 0 Å². The molecular formula is C20H26ClN7O. The number of nitrogens with one attached hydrogen (secondary N) is 1. The van der Waals surface area contributed by atoms with E-state index in [-0.39, 0.29) is 0 Å². The van der Waals surface area contributed by atoms with Crippen molar-refractivity contribution in [3.63, 3.8) is 0 Å². The molecule has 0 bridgehead atoms. The average molecular weight is 416 g/mol. The van der Waals surface area contributed by atoms with Crippen LogP contribution in [-0.2, 0) is 20.1 Å². The van der Waals surface area contributed by atoms with Crippen molar-refractivity contribution in [3.8, 4) is 11.4 Å². The van der Waals surface area contributed by atoms with Gasteiger partial charge in [-0.3, -0.25) is 9.67 Å². The fourth-order valence-corrected chi connectivity index (χ4v) is 3.20. The number of benzene rings is 1. The molecular weight excluding hydrogens is 390 g/mol. The molecule has 0 saturated carbocycles. The first-order valence-corrected chi connectivity index (χ1v) is 9.78. The van der Waals surface area contributed by atoms with Gasteiger partial charge in [-0.1, -0.05) is 30.6 Å². The Hall–Kier alpha value is -2.87. The van der Waals surface area contributed by atoms with E-state index in [4.69, 9.17) is 16.1 Å². The van der Waals surface area contributed by atoms with Crippen molar-refractivity contribution >= 4 is 17.6 Å². The van der Waals surface area contributed by atoms with Gasteiger partial charge in [0, 0.05) is 50.0 Å². The van der Waals surface area contributed by atoms with E-state index in [1.165, 1.54) is 5.56 Å². The second-order valence-electron chi connectivity index (χ2n) is 7.14. The van der Waals surface area contributed by atoms with Gasteiger partial charge in [0.05, 0.1) is 12.2 Å². The molecule has 29 heavy (non-hydrogen) atoms. The molecule has 0 spiro atoms. The monoisotopic (exact) mass is 415 g/mol. The first-order chi connectivity index (χ1) is 13.9. The van der Waals surface area contributed by atoms with Gasteiger partial charge >= 0.3 is 0 Å². The lowest BCUT2D eigenvalue weighted by Gasteiger charge is -2.21. The fourth-order valence-electron chi connectivity index (χ4n) is 3.08. The molecule has 1 N–H and O–H groups in total. The summed E-state index contributed by atoms with van der Waals surface area (Å²) < 4.78 is 7.21. The van der Waals surface area contributed by atoms with Gasteiger partial charge in [-0.2, -0.15) is 10.1 Å². The molecule has 0 saturated heterocycles. The molecule has 0 atom stereocenters. The average Bonchev–Trinajstić information content (AvgIpc) is 3.29. The predicted molar refractivity (Wildman–Crippen MR) is 114 cm³/mol. The second kappa shape index (κ2) is 9.09. The minimum Gasteiger partial charge on any atom is -0.347 e. The van der Waals surface area contributed by atoms with Crippen LogP contribution in [0.1, 0.15) is 36.9 Å². The molecule has 0 fully saturated rings. The highest BCUT2D eigenvalue weighted by Crippen LogP contribution is 2.20. The molecule has 0 unspecified atom stereocenters. The van der Waals surface area contributed by atoms with Gasteiger partial charge in [0.25, 0.3) is 0 Å². The summed E-state index contributed by atoms with van der Waals surface area (Å²) in [5.41, 5.74) is 3.12. The molecule has 0 radical (unpaired) electrons. The molecule has 0 aliphatic rings. The summed E-state index contributed by atoms with van der Waals surface area (Å²) in [5, 5.41) is 12.5. The fraction of sp³-hybridized carbons (Fsp3) is 0.400. The number of hydrogen-bond acceptors (Lipinski definition) is 5. The van der Waals surface area contributed by atoms with Gasteiger partial charge in [-0.25, -0.2) is 0 Å². The van der Waals surface area contributed by atoms with Gasteiger partial charge in [-0.15, -0.1) is 0 Å². The van der Waals surface area contributed by atoms with Crippen molar-refractivity contribution in [1.29, 1.82) is 0 Å². The first-order valence-electron chi connectivity index (χ1n) is 9.40. The van der Waals surface area contributed by atoms with Crippen LogP contribution in [0.15, 0.2) is 40.0 Å². The van der Waals surface area contributed by atoms with Crippen molar-refractivity contribution in [2.45, 2.75) is 32.9 Å². The van der Waals surface area contributed by atoms with E-state index in [2.05, 4.69) is 45.6 Å². The number of aliphatic imine (C=N–C) groups is 1. The van der Waals surface area contributed by atoms with Crippen molar-refractivity contribution in [1.82, 2.24) is 30.1 Å². The van der Waals surface area contributed by atoms with Crippen molar-refractivity contribution in [2.75, 3.05) is 14.1 Å². The van der Waals surface area contributed by atoms with Crippen LogP contribution in [-0.4, -0.2) is 44.9 Å². The third-order valence-electron chi connectivity index (χ3n) is 4.43. The van der Waals surface area contributed by atoms with Crippen LogP contribution in [0.5, 0.6) is 0 Å². The summed E-state index contributed by atoms with van der Waals surface area (Å²) in [6, 6.07) is 7.31. The van der Waals surface area contributed by atoms with Gasteiger partial charge in [-0.05, 0) is 30.2 Å². The molecule has 3 aromatic rings. The molecule has 154 valence electrons. The Morgan fingerprint density at radius 2 is 2.03 bits per heavy atom. The standard InChI is InChI=1S/C20H26ClN7O/c1-13(2)18-15(12-28(5)25-18)11-27(4)20(22-3)23-10-17-24-19(26-29-17)14-6-8-16(21)9-7-14/h6-9,12-13H,10-11H2,1-5H3,(H,22,23). The summed E-state index contributed by atoms with van der Waals surface area (Å²) in [6.45, 7) is 5.36. The first kappa shape index (κ1) is 20.9. The summed E-state index contributed by atoms with van der Waals surface area (Å²) in [6.07, 6.45) is 2.05. The lowest BCUT2D eigenvalue weighted by Crippen LogP contribution is -2.38. The van der Waals surface area contributed by atoms with Crippen LogP contribution in [0.2, 0.25) is 5.02 Å². The number of aromatic nitrogens is 4. The Bertz CT molecular complexity index is 975. The Morgan fingerprint density at radius 1 is 1.31 bits per heavy atom. The van der Waals surface area contributed by atoms with E-state index in [0.717, 1.165) is 17.2 Å². The molecule has 8 nitrogen and oxygen atoms in total. The quantitative estimate of drug-likeness (QED) is 0.490. The Morgan fingerprint density at radius 3 is 2.69 bits per heavy atom. The molecule has 9 heteroatoms. The Labute approximate surface area is 175 Å². The smallest absolute Gasteiger partial charge is 0.246 e. The molecule has 2 heterocycles. The summed E-state index contributed by atoms with van der Waals surface area (Å²) in [7, 11) is 5.67. The normalized spacial score (nSPS) is 11.9. The highest BCUT2D eigenvalue weighted by Gasteiger charge is 2.16. The van der Waals surface area contributed by atoms with E-state index in [9.17, 15) is 0 Å². The highest BCUT2D eigenvalue weighted by molar-refractivity contribution is 6.30. The number of halogens is 1. The summed E-state index contributed by atoms with van der Waals surface area (Å²) in [4.78, 5) is 10.8. The van der Waals surface area contributed by atoms with E-state index in [0.29, 0.717) is 35.7 Å². The number of rotatable bonds is 6. The van der Waals surface area contributed by atoms with Gasteiger partial charge in [0.1, 0.15) is 0 Å². The lowest BCUT2D eigenvalue weighted by atomic mass is 10.1. The zero-order chi connectivity index (χ0) is 21.0. The summed E-state index contributed by atoms with van der Waals surface area (Å²) in [5.74, 6) is 2.10. The van der Waals surface area contributed by atoms with Crippen molar-refractivity contribution in [2.24, 2.45) is 12.0 Å². The van der Waals surface area contributed by atoms with Gasteiger partial charge in [0.15, 0.2) is 5.96 Å². The zero-order valence-corrected chi connectivity index (χ0v) is 18.1. The third-order valence-corrected chi connectivity index (χ3v) is 4.69. The molecule has 0 aliphatic heterocycles. The zero-order valence-electron chi connectivity index (χ0n) is 17.3. The van der Waals surface area contributed by atoms with Gasteiger partial charge in [0.2, 0.25) is 11.7 Å². The predicted octanol–water partition coefficient (Wildman–Crippen LogP) is 3.45. The largest absolute Gasteiger partial charge is 0.347 e. The van der Waals surface area contributed by atoms with Crippen molar-refractivity contribution < 1.29 is 4.52 Å². The van der Waals surface area contributed by atoms with E-state index in [1.807, 2.05) is 35.8 Å². The molecule has 2 aromatic heterocycles. The lowest BCUT2D eigenvalue weighted by molar-refractivity contribution is 0.371.